The molecular weight excluding hydrogens is 350 g/mol. The number of esters is 1. The topological polar surface area (TPSA) is 90.9 Å². The molecule has 0 saturated heterocycles. The van der Waals surface area contributed by atoms with E-state index in [1.165, 1.54) is 40.2 Å². The van der Waals surface area contributed by atoms with Crippen molar-refractivity contribution in [3.8, 4) is 11.5 Å². The summed E-state index contributed by atoms with van der Waals surface area (Å²) >= 11 is 0. The van der Waals surface area contributed by atoms with Gasteiger partial charge in [0.1, 0.15) is 11.5 Å². The van der Waals surface area contributed by atoms with Gasteiger partial charge in [0, 0.05) is 17.3 Å². The Labute approximate surface area is 157 Å². The second-order valence-electron chi connectivity index (χ2n) is 5.77. The van der Waals surface area contributed by atoms with Crippen LogP contribution in [0, 0.1) is 0 Å². The molecule has 0 radical (unpaired) electrons. The lowest BCUT2D eigenvalue weighted by Gasteiger charge is -2.14. The van der Waals surface area contributed by atoms with Crippen LogP contribution in [-0.2, 0) is 9.53 Å². The summed E-state index contributed by atoms with van der Waals surface area (Å²) < 4.78 is 15.4. The fourth-order valence-corrected chi connectivity index (χ4v) is 2.24. The molecule has 1 unspecified atom stereocenters. The number of benzene rings is 2. The van der Waals surface area contributed by atoms with Gasteiger partial charge in [-0.05, 0) is 50.2 Å². The van der Waals surface area contributed by atoms with Gasteiger partial charge in [-0.3, -0.25) is 9.59 Å². The van der Waals surface area contributed by atoms with E-state index in [-0.39, 0.29) is 11.3 Å². The van der Waals surface area contributed by atoms with Crippen molar-refractivity contribution in [3.05, 3.63) is 53.6 Å². The predicted octanol–water partition coefficient (Wildman–Crippen LogP) is 3.09. The fraction of sp³-hybridized carbons (Fsp3) is 0.250. The molecule has 27 heavy (non-hydrogen) atoms. The van der Waals surface area contributed by atoms with Crippen LogP contribution >= 0.6 is 0 Å². The van der Waals surface area contributed by atoms with Gasteiger partial charge in [-0.25, -0.2) is 4.79 Å². The van der Waals surface area contributed by atoms with E-state index in [0.29, 0.717) is 22.7 Å². The van der Waals surface area contributed by atoms with E-state index in [9.17, 15) is 14.4 Å². The van der Waals surface area contributed by atoms with Gasteiger partial charge < -0.3 is 19.5 Å². The number of carbonyl (C=O) groups is 3. The number of ketones is 1. The van der Waals surface area contributed by atoms with E-state index >= 15 is 0 Å². The summed E-state index contributed by atoms with van der Waals surface area (Å²) in [5.41, 5.74) is 1.24. The molecule has 7 nitrogen and oxygen atoms in total. The summed E-state index contributed by atoms with van der Waals surface area (Å²) in [6, 6.07) is 11.0. The lowest BCUT2D eigenvalue weighted by molar-refractivity contribution is -0.123. The maximum absolute atomic E-state index is 12.3. The largest absolute Gasteiger partial charge is 0.497 e. The molecule has 0 fully saturated rings. The van der Waals surface area contributed by atoms with Crippen LogP contribution < -0.4 is 14.8 Å². The number of Topliss-reactive ketones (excluding diaryl/α,β-unsaturated/α-hetero) is 1. The first kappa shape index (κ1) is 20.0. The highest BCUT2D eigenvalue weighted by Crippen LogP contribution is 2.23. The van der Waals surface area contributed by atoms with Crippen LogP contribution in [0.2, 0.25) is 0 Å². The Kier molecular flexibility index (Phi) is 6.54. The van der Waals surface area contributed by atoms with Crippen molar-refractivity contribution in [1.82, 2.24) is 0 Å². The van der Waals surface area contributed by atoms with Crippen LogP contribution in [-0.4, -0.2) is 38.0 Å². The highest BCUT2D eigenvalue weighted by atomic mass is 16.5. The Morgan fingerprint density at radius 1 is 0.889 bits per heavy atom. The summed E-state index contributed by atoms with van der Waals surface area (Å²) in [5, 5.41) is 2.63. The Hall–Kier alpha value is -3.35. The number of methoxy groups -OCH3 is 2. The Balaban J connectivity index is 2.03. The second kappa shape index (κ2) is 8.84. The molecule has 1 atom stereocenters. The summed E-state index contributed by atoms with van der Waals surface area (Å²) in [4.78, 5) is 35.8. The molecule has 7 heteroatoms. The van der Waals surface area contributed by atoms with Crippen molar-refractivity contribution >= 4 is 23.3 Å². The normalized spacial score (nSPS) is 11.3. The van der Waals surface area contributed by atoms with Crippen LogP contribution in [0.4, 0.5) is 5.69 Å². The minimum atomic E-state index is -1.03. The average Bonchev–Trinajstić information content (AvgIpc) is 2.67. The zero-order valence-corrected chi connectivity index (χ0v) is 15.6. The van der Waals surface area contributed by atoms with Crippen LogP contribution in [0.25, 0.3) is 0 Å². The van der Waals surface area contributed by atoms with Crippen molar-refractivity contribution in [2.24, 2.45) is 0 Å². The molecule has 1 N–H and O–H groups in total. The monoisotopic (exact) mass is 371 g/mol. The van der Waals surface area contributed by atoms with Gasteiger partial charge in [0.15, 0.2) is 11.9 Å². The summed E-state index contributed by atoms with van der Waals surface area (Å²) in [6.45, 7) is 2.93. The molecular formula is C20H21NO6. The van der Waals surface area contributed by atoms with E-state index in [4.69, 9.17) is 14.2 Å². The van der Waals surface area contributed by atoms with Gasteiger partial charge in [0.05, 0.1) is 19.8 Å². The molecule has 0 bridgehead atoms. The third-order valence-electron chi connectivity index (χ3n) is 3.80. The molecule has 0 aliphatic heterocycles. The number of hydrogen-bond donors (Lipinski definition) is 1. The summed E-state index contributed by atoms with van der Waals surface area (Å²) in [5.74, 6) is -0.368. The van der Waals surface area contributed by atoms with Gasteiger partial charge in [-0.2, -0.15) is 0 Å². The van der Waals surface area contributed by atoms with Crippen LogP contribution in [0.15, 0.2) is 42.5 Å². The zero-order chi connectivity index (χ0) is 20.0. The minimum Gasteiger partial charge on any atom is -0.497 e. The Morgan fingerprint density at radius 2 is 1.44 bits per heavy atom. The third-order valence-corrected chi connectivity index (χ3v) is 3.80. The molecule has 142 valence electrons. The number of amides is 1. The smallest absolute Gasteiger partial charge is 0.339 e. The summed E-state index contributed by atoms with van der Waals surface area (Å²) in [7, 11) is 2.94. The quantitative estimate of drug-likeness (QED) is 0.594. The highest BCUT2D eigenvalue weighted by Gasteiger charge is 2.20. The van der Waals surface area contributed by atoms with Crippen molar-refractivity contribution in [2.75, 3.05) is 19.5 Å². The molecule has 1 amide bonds. The highest BCUT2D eigenvalue weighted by molar-refractivity contribution is 5.98. The fourth-order valence-electron chi connectivity index (χ4n) is 2.24. The maximum Gasteiger partial charge on any atom is 0.339 e. The van der Waals surface area contributed by atoms with Crippen LogP contribution in [0.5, 0.6) is 11.5 Å². The molecule has 2 aromatic rings. The predicted molar refractivity (Wildman–Crippen MR) is 99.5 cm³/mol. The number of rotatable bonds is 7. The molecule has 2 aromatic carbocycles. The van der Waals surface area contributed by atoms with Crippen LogP contribution in [0.1, 0.15) is 34.6 Å². The number of ether oxygens (including phenoxy) is 3. The number of hydrogen-bond acceptors (Lipinski definition) is 6. The van der Waals surface area contributed by atoms with E-state index in [1.54, 1.807) is 30.3 Å². The molecule has 0 spiro atoms. The average molecular weight is 371 g/mol. The molecule has 0 aromatic heterocycles. The van der Waals surface area contributed by atoms with Crippen molar-refractivity contribution in [3.63, 3.8) is 0 Å². The molecule has 0 aliphatic carbocycles. The molecule has 0 saturated carbocycles. The van der Waals surface area contributed by atoms with Crippen LogP contribution in [0.3, 0.4) is 0 Å². The standard InChI is InChI=1S/C20H21NO6/c1-12(22)14-5-7-16(8-6-14)21-19(23)13(2)27-20(24)15-9-17(25-3)11-18(10-15)26-4/h5-11,13H,1-4H3,(H,21,23). The van der Waals surface area contributed by atoms with Gasteiger partial charge >= 0.3 is 5.97 Å². The van der Waals surface area contributed by atoms with Crippen molar-refractivity contribution in [1.29, 1.82) is 0 Å². The molecule has 2 rings (SSSR count). The first-order valence-corrected chi connectivity index (χ1v) is 8.20. The first-order valence-electron chi connectivity index (χ1n) is 8.20. The lowest BCUT2D eigenvalue weighted by atomic mass is 10.1. The number of carbonyl (C=O) groups excluding carboxylic acids is 3. The number of nitrogens with one attached hydrogen (secondary N) is 1. The zero-order valence-electron chi connectivity index (χ0n) is 15.6. The van der Waals surface area contributed by atoms with Crippen molar-refractivity contribution < 1.29 is 28.6 Å². The van der Waals surface area contributed by atoms with Gasteiger partial charge in [-0.15, -0.1) is 0 Å². The molecule has 0 heterocycles. The van der Waals surface area contributed by atoms with E-state index in [1.807, 2.05) is 0 Å². The van der Waals surface area contributed by atoms with E-state index in [0.717, 1.165) is 0 Å². The third kappa shape index (κ3) is 5.31. The summed E-state index contributed by atoms with van der Waals surface area (Å²) in [6.07, 6.45) is -1.03. The maximum atomic E-state index is 12.3. The van der Waals surface area contributed by atoms with E-state index < -0.39 is 18.0 Å². The second-order valence-corrected chi connectivity index (χ2v) is 5.77. The molecule has 0 aliphatic rings. The Bertz CT molecular complexity index is 822. The Morgan fingerprint density at radius 3 is 1.93 bits per heavy atom. The van der Waals surface area contributed by atoms with E-state index in [2.05, 4.69) is 5.32 Å². The minimum absolute atomic E-state index is 0.0658. The first-order chi connectivity index (χ1) is 12.8. The van der Waals surface area contributed by atoms with Gasteiger partial charge in [0.2, 0.25) is 0 Å². The van der Waals surface area contributed by atoms with Crippen molar-refractivity contribution in [2.45, 2.75) is 20.0 Å². The SMILES string of the molecule is COc1cc(OC)cc(C(=O)OC(C)C(=O)Nc2ccc(C(C)=O)cc2)c1. The number of anilines is 1. The van der Waals surface area contributed by atoms with Gasteiger partial charge in [0.25, 0.3) is 5.91 Å². The lowest BCUT2D eigenvalue weighted by Crippen LogP contribution is -2.30. The van der Waals surface area contributed by atoms with Gasteiger partial charge in [-0.1, -0.05) is 0 Å².